The molecule has 0 unspecified atom stereocenters. The van der Waals surface area contributed by atoms with Gasteiger partial charge in [-0.05, 0) is 42.5 Å². The molecule has 0 fully saturated rings. The van der Waals surface area contributed by atoms with Crippen LogP contribution in [0.2, 0.25) is 5.02 Å². The molecule has 3 rings (SSSR count). The van der Waals surface area contributed by atoms with Crippen LogP contribution in [0.3, 0.4) is 0 Å². The number of halogens is 1. The molecule has 0 spiro atoms. The number of carbonyl (C=O) groups is 1. The molecule has 0 bridgehead atoms. The van der Waals surface area contributed by atoms with Crippen LogP contribution < -0.4 is 4.72 Å². The number of fused-ring (bicyclic) bond motifs is 1. The van der Waals surface area contributed by atoms with Gasteiger partial charge >= 0.3 is 5.97 Å². The normalized spacial score (nSPS) is 11.3. The lowest BCUT2D eigenvalue weighted by atomic mass is 10.2. The zero-order valence-electron chi connectivity index (χ0n) is 13.1. The van der Waals surface area contributed by atoms with Gasteiger partial charge in [0.1, 0.15) is 0 Å². The van der Waals surface area contributed by atoms with Gasteiger partial charge in [-0.15, -0.1) is 0 Å². The number of benzene rings is 2. The summed E-state index contributed by atoms with van der Waals surface area (Å²) in [7, 11) is -2.69. The number of aromatic nitrogens is 1. The Morgan fingerprint density at radius 3 is 2.72 bits per heavy atom. The summed E-state index contributed by atoms with van der Waals surface area (Å²) in [6.45, 7) is 0. The molecule has 128 valence electrons. The van der Waals surface area contributed by atoms with Gasteiger partial charge in [-0.3, -0.25) is 9.71 Å². The van der Waals surface area contributed by atoms with Crippen LogP contribution in [0.15, 0.2) is 59.6 Å². The van der Waals surface area contributed by atoms with Crippen molar-refractivity contribution in [2.45, 2.75) is 4.90 Å². The summed E-state index contributed by atoms with van der Waals surface area (Å²) in [5.74, 6) is -0.615. The fraction of sp³-hybridized carbons (Fsp3) is 0.0588. The average Bonchev–Trinajstić information content (AvgIpc) is 2.63. The molecule has 0 saturated heterocycles. The van der Waals surface area contributed by atoms with Crippen molar-refractivity contribution in [2.75, 3.05) is 11.8 Å². The zero-order valence-corrected chi connectivity index (χ0v) is 14.6. The van der Waals surface area contributed by atoms with E-state index < -0.39 is 16.0 Å². The van der Waals surface area contributed by atoms with Gasteiger partial charge in [0.2, 0.25) is 0 Å². The summed E-state index contributed by atoms with van der Waals surface area (Å²) < 4.78 is 32.4. The second kappa shape index (κ2) is 6.70. The van der Waals surface area contributed by atoms with Gasteiger partial charge in [0.25, 0.3) is 10.0 Å². The average molecular weight is 377 g/mol. The zero-order chi connectivity index (χ0) is 18.0. The van der Waals surface area contributed by atoms with Crippen molar-refractivity contribution in [1.29, 1.82) is 0 Å². The van der Waals surface area contributed by atoms with Gasteiger partial charge < -0.3 is 4.74 Å². The molecule has 0 atom stereocenters. The Morgan fingerprint density at radius 1 is 1.16 bits per heavy atom. The Hall–Kier alpha value is -2.64. The van der Waals surface area contributed by atoms with Crippen LogP contribution in [0.1, 0.15) is 10.4 Å². The Balaban J connectivity index is 2.03. The second-order valence-electron chi connectivity index (χ2n) is 5.12. The first-order valence-corrected chi connectivity index (χ1v) is 9.03. The molecule has 6 nitrogen and oxygen atoms in total. The molecule has 0 radical (unpaired) electrons. The van der Waals surface area contributed by atoms with Crippen LogP contribution in [0, 0.1) is 0 Å². The maximum absolute atomic E-state index is 12.7. The molecule has 8 heteroatoms. The number of nitrogens with one attached hydrogen (secondary N) is 1. The minimum absolute atomic E-state index is 0.0607. The number of ether oxygens (including phenoxy) is 1. The molecular weight excluding hydrogens is 364 g/mol. The molecule has 25 heavy (non-hydrogen) atoms. The van der Waals surface area contributed by atoms with Gasteiger partial charge in [-0.2, -0.15) is 0 Å². The molecular formula is C17H13ClN2O4S. The molecule has 3 aromatic rings. The van der Waals surface area contributed by atoms with Crippen molar-refractivity contribution >= 4 is 44.2 Å². The number of anilines is 1. The first kappa shape index (κ1) is 17.2. The Labute approximate surface area is 149 Å². The maximum Gasteiger partial charge on any atom is 0.337 e. The third-order valence-electron chi connectivity index (χ3n) is 3.53. The number of hydrogen-bond acceptors (Lipinski definition) is 5. The van der Waals surface area contributed by atoms with Crippen molar-refractivity contribution in [3.63, 3.8) is 0 Å². The number of esters is 1. The first-order chi connectivity index (χ1) is 11.9. The number of sulfonamides is 1. The van der Waals surface area contributed by atoms with Gasteiger partial charge in [0.15, 0.2) is 0 Å². The molecule has 0 amide bonds. The largest absolute Gasteiger partial charge is 0.465 e. The lowest BCUT2D eigenvalue weighted by Gasteiger charge is -2.11. The quantitative estimate of drug-likeness (QED) is 0.704. The minimum Gasteiger partial charge on any atom is -0.465 e. The molecule has 0 aliphatic carbocycles. The summed E-state index contributed by atoms with van der Waals surface area (Å²) in [5.41, 5.74) is 0.871. The summed E-state index contributed by atoms with van der Waals surface area (Å²) in [4.78, 5) is 15.7. The van der Waals surface area contributed by atoms with Crippen molar-refractivity contribution < 1.29 is 17.9 Å². The topological polar surface area (TPSA) is 85.4 Å². The molecule has 0 aliphatic heterocycles. The second-order valence-corrected chi connectivity index (χ2v) is 7.21. The number of hydrogen-bond donors (Lipinski definition) is 1. The van der Waals surface area contributed by atoms with Crippen LogP contribution >= 0.6 is 11.6 Å². The van der Waals surface area contributed by atoms with Crippen molar-refractivity contribution in [3.05, 3.63) is 65.3 Å². The van der Waals surface area contributed by atoms with E-state index in [-0.39, 0.29) is 10.5 Å². The lowest BCUT2D eigenvalue weighted by Crippen LogP contribution is -2.14. The highest BCUT2D eigenvalue weighted by Gasteiger charge is 2.18. The monoisotopic (exact) mass is 376 g/mol. The number of methoxy groups -OCH3 is 1. The van der Waals surface area contributed by atoms with Crippen LogP contribution in [-0.2, 0) is 14.8 Å². The van der Waals surface area contributed by atoms with Crippen molar-refractivity contribution in [1.82, 2.24) is 4.98 Å². The van der Waals surface area contributed by atoms with Gasteiger partial charge in [0, 0.05) is 11.6 Å². The number of carbonyl (C=O) groups excluding carboxylic acids is 1. The predicted molar refractivity (Wildman–Crippen MR) is 95.3 cm³/mol. The minimum atomic E-state index is -3.92. The lowest BCUT2D eigenvalue weighted by molar-refractivity contribution is 0.0600. The van der Waals surface area contributed by atoms with E-state index in [1.807, 2.05) is 0 Å². The number of pyridine rings is 1. The van der Waals surface area contributed by atoms with Crippen LogP contribution in [0.5, 0.6) is 0 Å². The maximum atomic E-state index is 12.7. The molecule has 1 heterocycles. The predicted octanol–water partition coefficient (Wildman–Crippen LogP) is 3.48. The smallest absolute Gasteiger partial charge is 0.337 e. The molecule has 1 aromatic heterocycles. The van der Waals surface area contributed by atoms with Crippen LogP contribution in [0.25, 0.3) is 10.9 Å². The SMILES string of the molecule is COC(=O)c1cccc(S(=O)(=O)Nc2ccc(Cl)c3cccnc23)c1. The van der Waals surface area contributed by atoms with E-state index in [0.717, 1.165) is 0 Å². The number of nitrogens with zero attached hydrogens (tertiary/aromatic N) is 1. The fourth-order valence-corrected chi connectivity index (χ4v) is 3.66. The molecule has 0 aliphatic rings. The summed E-state index contributed by atoms with van der Waals surface area (Å²) in [6.07, 6.45) is 1.55. The molecule has 2 aromatic carbocycles. The highest BCUT2D eigenvalue weighted by Crippen LogP contribution is 2.29. The van der Waals surface area contributed by atoms with Gasteiger partial charge in [0.05, 0.1) is 33.8 Å². The van der Waals surface area contributed by atoms with E-state index in [4.69, 9.17) is 11.6 Å². The van der Waals surface area contributed by atoms with Gasteiger partial charge in [-0.1, -0.05) is 17.7 Å². The van der Waals surface area contributed by atoms with E-state index in [1.165, 1.54) is 31.4 Å². The van der Waals surface area contributed by atoms with E-state index in [0.29, 0.717) is 21.6 Å². The van der Waals surface area contributed by atoms with Crippen molar-refractivity contribution in [2.24, 2.45) is 0 Å². The number of rotatable bonds is 4. The first-order valence-electron chi connectivity index (χ1n) is 7.17. The highest BCUT2D eigenvalue weighted by molar-refractivity contribution is 7.92. The fourth-order valence-electron chi connectivity index (χ4n) is 2.33. The summed E-state index contributed by atoms with van der Waals surface area (Å²) in [6, 6.07) is 12.2. The Kier molecular flexibility index (Phi) is 4.61. The van der Waals surface area contributed by atoms with E-state index in [1.54, 1.807) is 30.5 Å². The third-order valence-corrected chi connectivity index (χ3v) is 5.22. The summed E-state index contributed by atoms with van der Waals surface area (Å²) >= 11 is 6.12. The summed E-state index contributed by atoms with van der Waals surface area (Å²) in [5, 5.41) is 1.10. The molecule has 0 saturated carbocycles. The molecule has 1 N–H and O–H groups in total. The standard InChI is InChI=1S/C17H13ClN2O4S/c1-24-17(21)11-4-2-5-12(10-11)25(22,23)20-15-8-7-14(18)13-6-3-9-19-16(13)15/h2-10,20H,1H3. The third kappa shape index (κ3) is 3.42. The van der Waals surface area contributed by atoms with Crippen LogP contribution in [0.4, 0.5) is 5.69 Å². The van der Waals surface area contributed by atoms with E-state index in [2.05, 4.69) is 14.4 Å². The Bertz CT molecular complexity index is 1070. The Morgan fingerprint density at radius 2 is 1.96 bits per heavy atom. The highest BCUT2D eigenvalue weighted by atomic mass is 35.5. The van der Waals surface area contributed by atoms with E-state index in [9.17, 15) is 13.2 Å². The van der Waals surface area contributed by atoms with Crippen LogP contribution in [-0.4, -0.2) is 26.5 Å². The van der Waals surface area contributed by atoms with Crippen molar-refractivity contribution in [3.8, 4) is 0 Å². The van der Waals surface area contributed by atoms with Gasteiger partial charge in [-0.25, -0.2) is 13.2 Å². The van der Waals surface area contributed by atoms with E-state index >= 15 is 0 Å².